The van der Waals surface area contributed by atoms with Crippen LogP contribution < -0.4 is 5.73 Å². The van der Waals surface area contributed by atoms with Crippen LogP contribution in [-0.4, -0.2) is 117 Å². The summed E-state index contributed by atoms with van der Waals surface area (Å²) in [5, 5.41) is 45.2. The van der Waals surface area contributed by atoms with Gasteiger partial charge in [0.15, 0.2) is 29.6 Å². The number of rotatable bonds is 11. The largest absolute Gasteiger partial charge is 0.490 e. The Kier molecular flexibility index (Phi) is 11.6. The number of carboxylic acids is 1. The monoisotopic (exact) mass is 693 g/mol. The molecule has 2 aromatic heterocycles. The number of nitrogen functional groups attached to an aromatic ring is 1. The zero-order valence-corrected chi connectivity index (χ0v) is 23.7. The first-order valence-electron chi connectivity index (χ1n) is 10.3. The van der Waals surface area contributed by atoms with Crippen molar-refractivity contribution in [3.63, 3.8) is 0 Å². The van der Waals surface area contributed by atoms with Gasteiger partial charge in [-0.25, -0.2) is 33.4 Å². The molecule has 0 bridgehead atoms. The Hall–Kier alpha value is -1.82. The average Bonchev–Trinajstić information content (AvgIpc) is 3.36. The van der Waals surface area contributed by atoms with Crippen LogP contribution >= 0.6 is 31.1 Å². The number of anilines is 1. The number of phosphoric ester groups is 1. The highest BCUT2D eigenvalue weighted by atomic mass is 31.3. The lowest BCUT2D eigenvalue weighted by molar-refractivity contribution is -0.150. The minimum atomic E-state index is -5.70. The summed E-state index contributed by atoms with van der Waals surface area (Å²) in [7, 11) is -21.6. The number of hydrogen-bond acceptors (Lipinski definition) is 17. The molecular formula is C13H23N5O20P4. The van der Waals surface area contributed by atoms with Crippen LogP contribution in [0.15, 0.2) is 12.7 Å². The quantitative estimate of drug-likeness (QED) is 0.101. The molecule has 29 heteroatoms. The van der Waals surface area contributed by atoms with E-state index in [2.05, 4.69) is 28.1 Å². The molecule has 240 valence electrons. The Morgan fingerprint density at radius 2 is 1.57 bits per heavy atom. The van der Waals surface area contributed by atoms with E-state index in [0.29, 0.717) is 0 Å². The summed E-state index contributed by atoms with van der Waals surface area (Å²) in [6.45, 7) is -0.956. The number of imidazole rings is 1. The first kappa shape index (κ1) is 36.4. The molecule has 0 aliphatic carbocycles. The number of aliphatic hydroxyl groups is 4. The fraction of sp³-hybridized carbons (Fsp3) is 0.538. The molecular weight excluding hydrogens is 670 g/mol. The minimum absolute atomic E-state index is 0.0426. The molecule has 1 aliphatic heterocycles. The topological polar surface area (TPSA) is 414 Å². The SMILES string of the molecule is Nc1ncnc2c1ncn2[C@@H]1O[C@H](COP(=O)(O)OP(=O)(O)OP(=O)(O)O)[C@@H](O)[C@H]1O.O=C(O)C(O)C(O)P(=O)(O)O. The van der Waals surface area contributed by atoms with Gasteiger partial charge >= 0.3 is 37.0 Å². The molecule has 3 rings (SSSR count). The summed E-state index contributed by atoms with van der Waals surface area (Å²) in [6.07, 6.45) is -6.15. The Balaban J connectivity index is 0.000000476. The zero-order valence-electron chi connectivity index (χ0n) is 20.1. The highest BCUT2D eigenvalue weighted by Crippen LogP contribution is 2.66. The van der Waals surface area contributed by atoms with Crippen molar-refractivity contribution in [2.75, 3.05) is 12.3 Å². The van der Waals surface area contributed by atoms with Crippen molar-refractivity contribution in [2.24, 2.45) is 0 Å². The molecule has 0 radical (unpaired) electrons. The summed E-state index contributed by atoms with van der Waals surface area (Å²) >= 11 is 0. The lowest BCUT2D eigenvalue weighted by atomic mass is 10.1. The van der Waals surface area contributed by atoms with Crippen molar-refractivity contribution in [2.45, 2.75) is 36.5 Å². The number of nitrogens with two attached hydrogens (primary N) is 1. The molecule has 0 aromatic carbocycles. The van der Waals surface area contributed by atoms with Gasteiger partial charge in [0.25, 0.3) is 0 Å². The van der Waals surface area contributed by atoms with E-state index in [0.717, 1.165) is 6.33 Å². The van der Waals surface area contributed by atoms with E-state index < -0.39 is 80.1 Å². The number of aliphatic carboxylic acids is 1. The standard InChI is InChI=1S/C10H16N5O13P3.C3H7O7P/c11-8-5-9(13-2-12-8)15(3-14-5)10-7(17)6(16)4(26-10)1-25-30(21,22)28-31(23,24)27-29(18,19)20;4-1(2(5)6)3(7)11(8,9)10/h2-4,6-7,10,16-17H,1H2,(H,21,22)(H,23,24)(H2,11,12,13)(H2,18,19,20);1,3-4,7H,(H,5,6)(H2,8,9,10)/t4-,6-,7-,10-;/m1./s1. The maximum atomic E-state index is 11.8. The van der Waals surface area contributed by atoms with Gasteiger partial charge in [0.2, 0.25) is 0 Å². The molecule has 1 aliphatic rings. The molecule has 0 amide bonds. The maximum Gasteiger partial charge on any atom is 0.490 e. The van der Waals surface area contributed by atoms with Gasteiger partial charge in [0, 0.05) is 0 Å². The number of nitrogens with zero attached hydrogens (tertiary/aromatic N) is 4. The molecule has 3 heterocycles. The van der Waals surface area contributed by atoms with Crippen LogP contribution in [0.1, 0.15) is 6.23 Å². The van der Waals surface area contributed by atoms with Gasteiger partial charge in [0.1, 0.15) is 30.2 Å². The minimum Gasteiger partial charge on any atom is -0.479 e. The molecule has 0 saturated carbocycles. The van der Waals surface area contributed by atoms with Crippen molar-refractivity contribution in [1.82, 2.24) is 19.5 Å². The molecule has 4 unspecified atom stereocenters. The van der Waals surface area contributed by atoms with Gasteiger partial charge in [-0.05, 0) is 0 Å². The van der Waals surface area contributed by atoms with Crippen molar-refractivity contribution in [3.05, 3.63) is 12.7 Å². The molecule has 13 N–H and O–H groups in total. The number of fused-ring (bicyclic) bond motifs is 1. The predicted molar refractivity (Wildman–Crippen MR) is 127 cm³/mol. The Morgan fingerprint density at radius 1 is 0.976 bits per heavy atom. The molecule has 25 nitrogen and oxygen atoms in total. The second-order valence-electron chi connectivity index (χ2n) is 7.80. The third-order valence-corrected chi connectivity index (χ3v) is 9.47. The van der Waals surface area contributed by atoms with E-state index in [4.69, 9.17) is 50.3 Å². The zero-order chi connectivity index (χ0) is 32.4. The second-order valence-corrected chi connectivity index (χ2v) is 13.9. The second kappa shape index (κ2) is 13.4. The Labute approximate surface area is 231 Å². The fourth-order valence-electron chi connectivity index (χ4n) is 2.94. The Morgan fingerprint density at radius 3 is 2.07 bits per heavy atom. The number of hydrogen-bond donors (Lipinski definition) is 12. The van der Waals surface area contributed by atoms with Crippen molar-refractivity contribution in [1.29, 1.82) is 0 Å². The van der Waals surface area contributed by atoms with E-state index in [1.165, 1.54) is 10.9 Å². The summed E-state index contributed by atoms with van der Waals surface area (Å²) in [5.41, 5.74) is 6.00. The normalized spacial score (nSPS) is 25.6. The summed E-state index contributed by atoms with van der Waals surface area (Å²) in [5.74, 6) is -4.41. The number of carboxylic acid groups (broad SMARTS) is 1. The number of carbonyl (C=O) groups is 1. The first-order valence-corrected chi connectivity index (χ1v) is 16.5. The van der Waals surface area contributed by atoms with Gasteiger partial charge in [-0.1, -0.05) is 0 Å². The van der Waals surface area contributed by atoms with Crippen LogP contribution in [0.4, 0.5) is 5.82 Å². The summed E-state index contributed by atoms with van der Waals surface area (Å²) < 4.78 is 62.0. The van der Waals surface area contributed by atoms with Crippen LogP contribution in [0.5, 0.6) is 0 Å². The maximum absolute atomic E-state index is 11.8. The third kappa shape index (κ3) is 9.86. The average molecular weight is 693 g/mol. The van der Waals surface area contributed by atoms with Crippen LogP contribution in [0.2, 0.25) is 0 Å². The molecule has 2 aromatic rings. The lowest BCUT2D eigenvalue weighted by Crippen LogP contribution is -2.33. The van der Waals surface area contributed by atoms with Gasteiger partial charge in [-0.2, -0.15) is 8.62 Å². The van der Waals surface area contributed by atoms with E-state index in [1.54, 1.807) is 0 Å². The first-order chi connectivity index (χ1) is 19.0. The van der Waals surface area contributed by atoms with Crippen LogP contribution in [0.25, 0.3) is 11.2 Å². The van der Waals surface area contributed by atoms with E-state index in [1.807, 2.05) is 0 Å². The van der Waals surface area contributed by atoms with Crippen LogP contribution in [0.3, 0.4) is 0 Å². The lowest BCUT2D eigenvalue weighted by Gasteiger charge is -2.19. The van der Waals surface area contributed by atoms with E-state index in [9.17, 15) is 38.2 Å². The number of ether oxygens (including phenoxy) is 1. The number of aliphatic hydroxyl groups excluding tert-OH is 4. The van der Waals surface area contributed by atoms with Gasteiger partial charge in [0.05, 0.1) is 12.9 Å². The van der Waals surface area contributed by atoms with Crippen LogP contribution in [0, 0.1) is 0 Å². The number of phosphoric acid groups is 3. The fourth-order valence-corrected chi connectivity index (χ4v) is 6.46. The smallest absolute Gasteiger partial charge is 0.479 e. The predicted octanol–water partition coefficient (Wildman–Crippen LogP) is -3.70. The van der Waals surface area contributed by atoms with Gasteiger partial charge in [-0.3, -0.25) is 13.7 Å². The van der Waals surface area contributed by atoms with Crippen LogP contribution in [-0.2, 0) is 40.9 Å². The van der Waals surface area contributed by atoms with E-state index in [-0.39, 0.29) is 17.0 Å². The Bertz CT molecular complexity index is 1460. The summed E-state index contributed by atoms with van der Waals surface area (Å²) in [6, 6.07) is 0. The van der Waals surface area contributed by atoms with Crippen molar-refractivity contribution in [3.8, 4) is 0 Å². The third-order valence-electron chi connectivity index (χ3n) is 4.70. The summed E-state index contributed by atoms with van der Waals surface area (Å²) in [4.78, 5) is 73.4. The van der Waals surface area contributed by atoms with Gasteiger partial charge < -0.3 is 65.4 Å². The van der Waals surface area contributed by atoms with Gasteiger partial charge in [-0.15, -0.1) is 0 Å². The molecule has 42 heavy (non-hydrogen) atoms. The molecule has 8 atom stereocenters. The highest BCUT2D eigenvalue weighted by Gasteiger charge is 2.47. The van der Waals surface area contributed by atoms with Crippen molar-refractivity contribution >= 4 is 54.0 Å². The molecule has 1 saturated heterocycles. The highest BCUT2D eigenvalue weighted by molar-refractivity contribution is 7.66. The molecule has 1 fully saturated rings. The van der Waals surface area contributed by atoms with Crippen molar-refractivity contribution < 1.29 is 95.8 Å². The number of aromatic nitrogens is 4. The van der Waals surface area contributed by atoms with E-state index >= 15 is 0 Å². The molecule has 0 spiro atoms.